The summed E-state index contributed by atoms with van der Waals surface area (Å²) in [7, 11) is 0. The number of benzene rings is 1. The quantitative estimate of drug-likeness (QED) is 0.885. The van der Waals surface area contributed by atoms with Crippen molar-refractivity contribution in [3.05, 3.63) is 18.2 Å². The summed E-state index contributed by atoms with van der Waals surface area (Å²) in [5.41, 5.74) is 0. The van der Waals surface area contributed by atoms with Gasteiger partial charge in [-0.3, -0.25) is 4.79 Å². The van der Waals surface area contributed by atoms with Crippen LogP contribution >= 0.6 is 0 Å². The number of piperidine rings is 2. The van der Waals surface area contributed by atoms with Crippen LogP contribution in [0.4, 0.5) is 0 Å². The topological polar surface area (TPSA) is 60.0 Å². The average molecular weight is 346 g/mol. The van der Waals surface area contributed by atoms with Gasteiger partial charge < -0.3 is 24.4 Å². The number of carbonyl (C=O) groups is 1. The van der Waals surface area contributed by atoms with E-state index in [0.717, 1.165) is 6.54 Å². The Bertz CT molecular complexity index is 619. The van der Waals surface area contributed by atoms with Gasteiger partial charge in [0.15, 0.2) is 18.1 Å². The third kappa shape index (κ3) is 3.84. The van der Waals surface area contributed by atoms with Crippen LogP contribution in [0.1, 0.15) is 32.1 Å². The lowest BCUT2D eigenvalue weighted by Gasteiger charge is -2.44. The lowest BCUT2D eigenvalue weighted by Crippen LogP contribution is -2.51. The van der Waals surface area contributed by atoms with E-state index in [2.05, 4.69) is 10.2 Å². The van der Waals surface area contributed by atoms with Crippen molar-refractivity contribution in [3.63, 3.8) is 0 Å². The molecule has 1 N–H and O–H groups in total. The van der Waals surface area contributed by atoms with Gasteiger partial charge in [-0.1, -0.05) is 6.42 Å². The van der Waals surface area contributed by atoms with Gasteiger partial charge in [0.05, 0.1) is 0 Å². The van der Waals surface area contributed by atoms with E-state index in [0.29, 0.717) is 29.2 Å². The predicted molar refractivity (Wildman–Crippen MR) is 93.0 cm³/mol. The maximum Gasteiger partial charge on any atom is 0.257 e. The van der Waals surface area contributed by atoms with Crippen LogP contribution in [0.3, 0.4) is 0 Å². The molecule has 3 aliphatic rings. The monoisotopic (exact) mass is 346 g/mol. The van der Waals surface area contributed by atoms with E-state index in [1.165, 1.54) is 45.2 Å². The van der Waals surface area contributed by atoms with Crippen molar-refractivity contribution in [1.29, 1.82) is 0 Å². The van der Waals surface area contributed by atoms with Crippen molar-refractivity contribution in [1.82, 2.24) is 10.2 Å². The number of rotatable bonds is 5. The van der Waals surface area contributed by atoms with Crippen LogP contribution < -0.4 is 19.5 Å². The minimum Gasteiger partial charge on any atom is -0.484 e. The van der Waals surface area contributed by atoms with Crippen LogP contribution in [0.5, 0.6) is 17.2 Å². The van der Waals surface area contributed by atoms with Crippen molar-refractivity contribution in [3.8, 4) is 17.2 Å². The zero-order valence-electron chi connectivity index (χ0n) is 14.5. The van der Waals surface area contributed by atoms with Gasteiger partial charge in [0.2, 0.25) is 6.79 Å². The van der Waals surface area contributed by atoms with Crippen molar-refractivity contribution in [2.75, 3.05) is 33.0 Å². The van der Waals surface area contributed by atoms with Gasteiger partial charge in [-0.05, 0) is 56.8 Å². The smallest absolute Gasteiger partial charge is 0.257 e. The van der Waals surface area contributed by atoms with Gasteiger partial charge in [-0.2, -0.15) is 0 Å². The van der Waals surface area contributed by atoms with Crippen LogP contribution in [-0.4, -0.2) is 49.9 Å². The molecule has 2 fully saturated rings. The number of nitrogens with one attached hydrogen (secondary N) is 1. The molecule has 0 radical (unpaired) electrons. The molecule has 3 heterocycles. The highest BCUT2D eigenvalue weighted by atomic mass is 16.7. The molecule has 3 aliphatic heterocycles. The Balaban J connectivity index is 1.23. The molecule has 2 atom stereocenters. The van der Waals surface area contributed by atoms with Gasteiger partial charge in [-0.15, -0.1) is 0 Å². The lowest BCUT2D eigenvalue weighted by molar-refractivity contribution is -0.123. The fourth-order valence-corrected chi connectivity index (χ4v) is 4.23. The van der Waals surface area contributed by atoms with E-state index >= 15 is 0 Å². The van der Waals surface area contributed by atoms with Gasteiger partial charge in [-0.25, -0.2) is 0 Å². The molecule has 4 rings (SSSR count). The minimum absolute atomic E-state index is 0.0285. The number of carbonyl (C=O) groups excluding carboxylic acids is 1. The fraction of sp³-hybridized carbons (Fsp3) is 0.632. The number of hydrogen-bond acceptors (Lipinski definition) is 5. The molecule has 1 amide bonds. The Morgan fingerprint density at radius 1 is 1.16 bits per heavy atom. The molecular formula is C19H26N2O4. The van der Waals surface area contributed by atoms with E-state index in [-0.39, 0.29) is 19.3 Å². The van der Waals surface area contributed by atoms with Crippen molar-refractivity contribution < 1.29 is 19.0 Å². The molecule has 6 heteroatoms. The second kappa shape index (κ2) is 7.52. The highest BCUT2D eigenvalue weighted by molar-refractivity contribution is 5.77. The first-order valence-corrected chi connectivity index (χ1v) is 9.33. The van der Waals surface area contributed by atoms with E-state index in [4.69, 9.17) is 14.2 Å². The van der Waals surface area contributed by atoms with Crippen molar-refractivity contribution in [2.45, 2.75) is 38.1 Å². The molecule has 136 valence electrons. The normalized spacial score (nSPS) is 25.3. The molecule has 0 bridgehead atoms. The molecule has 25 heavy (non-hydrogen) atoms. The minimum atomic E-state index is -0.0643. The second-order valence-corrected chi connectivity index (χ2v) is 7.11. The molecule has 2 unspecified atom stereocenters. The van der Waals surface area contributed by atoms with E-state index in [1.807, 2.05) is 0 Å². The summed E-state index contributed by atoms with van der Waals surface area (Å²) in [6, 6.07) is 6.01. The largest absolute Gasteiger partial charge is 0.484 e. The number of nitrogens with zero attached hydrogens (tertiary/aromatic N) is 1. The maximum atomic E-state index is 12.1. The number of amides is 1. The maximum absolute atomic E-state index is 12.1. The van der Waals surface area contributed by atoms with Gasteiger partial charge >= 0.3 is 0 Å². The summed E-state index contributed by atoms with van der Waals surface area (Å²) < 4.78 is 16.2. The van der Waals surface area contributed by atoms with Crippen molar-refractivity contribution >= 4 is 5.91 Å². The Morgan fingerprint density at radius 2 is 2.04 bits per heavy atom. The molecule has 0 saturated carbocycles. The summed E-state index contributed by atoms with van der Waals surface area (Å²) in [4.78, 5) is 14.8. The third-order valence-corrected chi connectivity index (χ3v) is 5.50. The molecule has 0 spiro atoms. The van der Waals surface area contributed by atoms with Crippen LogP contribution in [0.15, 0.2) is 18.2 Å². The average Bonchev–Trinajstić information content (AvgIpc) is 3.12. The first-order valence-electron chi connectivity index (χ1n) is 9.33. The summed E-state index contributed by atoms with van der Waals surface area (Å²) >= 11 is 0. The van der Waals surface area contributed by atoms with Crippen LogP contribution in [0, 0.1) is 5.92 Å². The molecule has 6 nitrogen and oxygen atoms in total. The SMILES string of the molecule is O=C(COc1ccc2c(c1)OCO2)NCC1CCCN2CCCCC12. The fourth-order valence-electron chi connectivity index (χ4n) is 4.23. The second-order valence-electron chi connectivity index (χ2n) is 7.11. The van der Waals surface area contributed by atoms with Crippen LogP contribution in [0.25, 0.3) is 0 Å². The molecule has 1 aromatic carbocycles. The zero-order chi connectivity index (χ0) is 17.1. The Labute approximate surface area is 148 Å². The van der Waals surface area contributed by atoms with Gasteiger partial charge in [0, 0.05) is 18.7 Å². The lowest BCUT2D eigenvalue weighted by atomic mass is 9.83. The molecule has 2 saturated heterocycles. The molecule has 0 aliphatic carbocycles. The summed E-state index contributed by atoms with van der Waals surface area (Å²) in [6.45, 7) is 3.47. The third-order valence-electron chi connectivity index (χ3n) is 5.50. The highest BCUT2D eigenvalue weighted by Gasteiger charge is 2.32. The zero-order valence-corrected chi connectivity index (χ0v) is 14.5. The van der Waals surface area contributed by atoms with Gasteiger partial charge in [0.25, 0.3) is 5.91 Å². The number of fused-ring (bicyclic) bond motifs is 2. The number of ether oxygens (including phenoxy) is 3. The summed E-state index contributed by atoms with van der Waals surface area (Å²) in [5.74, 6) is 2.51. The van der Waals surface area contributed by atoms with Crippen LogP contribution in [0.2, 0.25) is 0 Å². The Kier molecular flexibility index (Phi) is 4.97. The van der Waals surface area contributed by atoms with Crippen LogP contribution in [-0.2, 0) is 4.79 Å². The van der Waals surface area contributed by atoms with Crippen molar-refractivity contribution in [2.24, 2.45) is 5.92 Å². The standard InChI is InChI=1S/C19H26N2O4/c22-19(12-23-15-6-7-17-18(10-15)25-13-24-17)20-11-14-4-3-9-21-8-2-1-5-16(14)21/h6-7,10,14,16H,1-5,8-9,11-13H2,(H,20,22). The Hall–Kier alpha value is -1.95. The predicted octanol–water partition coefficient (Wildman–Crippen LogP) is 2.17. The first kappa shape index (κ1) is 16.5. The summed E-state index contributed by atoms with van der Waals surface area (Å²) in [5, 5.41) is 3.06. The van der Waals surface area contributed by atoms with Gasteiger partial charge in [0.1, 0.15) is 5.75 Å². The van der Waals surface area contributed by atoms with E-state index in [9.17, 15) is 4.79 Å². The summed E-state index contributed by atoms with van der Waals surface area (Å²) in [6.07, 6.45) is 6.36. The van der Waals surface area contributed by atoms with E-state index in [1.54, 1.807) is 18.2 Å². The highest BCUT2D eigenvalue weighted by Crippen LogP contribution is 2.35. The molecular weight excluding hydrogens is 320 g/mol. The number of hydrogen-bond donors (Lipinski definition) is 1. The van der Waals surface area contributed by atoms with E-state index < -0.39 is 0 Å². The first-order chi connectivity index (χ1) is 12.3. The Morgan fingerprint density at radius 3 is 3.00 bits per heavy atom. The molecule has 0 aromatic heterocycles. The molecule has 1 aromatic rings.